The molecule has 1 amide bonds. The van der Waals surface area contributed by atoms with Gasteiger partial charge in [-0.15, -0.1) is 0 Å². The number of likely N-dealkylation sites (N-methyl/N-ethyl adjacent to an activating group) is 1. The minimum Gasteiger partial charge on any atom is -0.324 e. The van der Waals surface area contributed by atoms with E-state index in [1.807, 2.05) is 0 Å². The zero-order valence-electron chi connectivity index (χ0n) is 13.7. The van der Waals surface area contributed by atoms with Gasteiger partial charge in [-0.1, -0.05) is 32.6 Å². The van der Waals surface area contributed by atoms with Crippen molar-refractivity contribution >= 4 is 5.91 Å². The number of hydrogen-bond acceptors (Lipinski definition) is 3. The van der Waals surface area contributed by atoms with Crippen LogP contribution >= 0.6 is 0 Å². The Kier molecular flexibility index (Phi) is 4.55. The van der Waals surface area contributed by atoms with Crippen LogP contribution in [0, 0.1) is 0 Å². The molecule has 3 aliphatic rings. The molecule has 4 heteroatoms. The summed E-state index contributed by atoms with van der Waals surface area (Å²) in [5.74, 6) is 0.400. The largest absolute Gasteiger partial charge is 0.324 e. The predicted molar refractivity (Wildman–Crippen MR) is 85.0 cm³/mol. The van der Waals surface area contributed by atoms with E-state index in [-0.39, 0.29) is 11.7 Å². The maximum Gasteiger partial charge on any atom is 0.244 e. The van der Waals surface area contributed by atoms with Crippen molar-refractivity contribution in [3.05, 3.63) is 0 Å². The Hall–Kier alpha value is -0.610. The highest BCUT2D eigenvalue weighted by molar-refractivity contribution is 5.89. The molecule has 3 fully saturated rings. The molecular weight excluding hydrogens is 262 g/mol. The van der Waals surface area contributed by atoms with Gasteiger partial charge in [0.2, 0.25) is 5.91 Å². The van der Waals surface area contributed by atoms with Crippen LogP contribution in [-0.2, 0) is 4.79 Å². The highest BCUT2D eigenvalue weighted by Crippen LogP contribution is 2.37. The molecule has 1 N–H and O–H groups in total. The number of hydrogen-bond donors (Lipinski definition) is 1. The summed E-state index contributed by atoms with van der Waals surface area (Å²) < 4.78 is 0. The first-order chi connectivity index (χ1) is 10.2. The second-order valence-electron chi connectivity index (χ2n) is 7.33. The fourth-order valence-electron chi connectivity index (χ4n) is 4.53. The van der Waals surface area contributed by atoms with Crippen LogP contribution in [0.5, 0.6) is 0 Å². The predicted octanol–water partition coefficient (Wildman–Crippen LogP) is 2.34. The Morgan fingerprint density at radius 2 is 2.00 bits per heavy atom. The Morgan fingerprint density at radius 3 is 2.67 bits per heavy atom. The molecule has 2 saturated heterocycles. The van der Waals surface area contributed by atoms with Gasteiger partial charge in [-0.25, -0.2) is 0 Å². The first-order valence-electron chi connectivity index (χ1n) is 8.95. The average Bonchev–Trinajstić information content (AvgIpc) is 3.03. The Bertz CT molecular complexity index is 378. The first kappa shape index (κ1) is 15.3. The van der Waals surface area contributed by atoms with Crippen molar-refractivity contribution in [2.24, 2.45) is 0 Å². The standard InChI is InChI=1S/C17H31N3O/c1-3-8-15-18-17(10-5-6-11-17)16(21)20(15)13-14-9-4-7-12-19(14)2/h14-15,18H,3-13H2,1-2H3. The number of rotatable bonds is 4. The van der Waals surface area contributed by atoms with Crippen LogP contribution in [0.3, 0.4) is 0 Å². The SMILES string of the molecule is CCCC1NC2(CCCC2)C(=O)N1CC1CCCCN1C. The molecule has 0 bridgehead atoms. The molecule has 2 unspecified atom stereocenters. The van der Waals surface area contributed by atoms with Crippen molar-refractivity contribution in [2.75, 3.05) is 20.1 Å². The highest BCUT2D eigenvalue weighted by Gasteiger charge is 2.52. The first-order valence-corrected chi connectivity index (χ1v) is 8.95. The second-order valence-corrected chi connectivity index (χ2v) is 7.33. The molecule has 2 aliphatic heterocycles. The van der Waals surface area contributed by atoms with E-state index in [1.165, 1.54) is 38.6 Å². The molecule has 0 aromatic carbocycles. The van der Waals surface area contributed by atoms with Crippen LogP contribution in [0.2, 0.25) is 0 Å². The molecule has 0 aromatic heterocycles. The molecule has 0 radical (unpaired) electrons. The van der Waals surface area contributed by atoms with Gasteiger partial charge in [0.1, 0.15) is 0 Å². The third-order valence-corrected chi connectivity index (χ3v) is 5.84. The number of carbonyl (C=O) groups excluding carboxylic acids is 1. The maximum atomic E-state index is 13.0. The van der Waals surface area contributed by atoms with Gasteiger partial charge in [-0.05, 0) is 45.7 Å². The van der Waals surface area contributed by atoms with Gasteiger partial charge in [0.15, 0.2) is 0 Å². The van der Waals surface area contributed by atoms with Crippen molar-refractivity contribution < 1.29 is 4.79 Å². The van der Waals surface area contributed by atoms with Crippen LogP contribution in [0.15, 0.2) is 0 Å². The van der Waals surface area contributed by atoms with E-state index >= 15 is 0 Å². The molecule has 1 aliphatic carbocycles. The van der Waals surface area contributed by atoms with Crippen LogP contribution in [-0.4, -0.2) is 53.6 Å². The third kappa shape index (κ3) is 2.85. The fourth-order valence-corrected chi connectivity index (χ4v) is 4.53. The lowest BCUT2D eigenvalue weighted by molar-refractivity contribution is -0.134. The number of nitrogens with zero attached hydrogens (tertiary/aromatic N) is 2. The monoisotopic (exact) mass is 293 g/mol. The fraction of sp³-hybridized carbons (Fsp3) is 0.941. The summed E-state index contributed by atoms with van der Waals surface area (Å²) in [4.78, 5) is 17.7. The van der Waals surface area contributed by atoms with Gasteiger partial charge in [0, 0.05) is 12.6 Å². The summed E-state index contributed by atoms with van der Waals surface area (Å²) >= 11 is 0. The molecule has 2 atom stereocenters. The second kappa shape index (κ2) is 6.25. The van der Waals surface area contributed by atoms with Gasteiger partial charge in [0.25, 0.3) is 0 Å². The topological polar surface area (TPSA) is 35.6 Å². The van der Waals surface area contributed by atoms with Gasteiger partial charge < -0.3 is 9.80 Å². The minimum atomic E-state index is -0.201. The van der Waals surface area contributed by atoms with Crippen molar-refractivity contribution in [2.45, 2.75) is 82.5 Å². The molecule has 2 heterocycles. The molecular formula is C17H31N3O. The van der Waals surface area contributed by atoms with E-state index < -0.39 is 0 Å². The van der Waals surface area contributed by atoms with E-state index in [0.29, 0.717) is 11.9 Å². The zero-order chi connectivity index (χ0) is 14.9. The Morgan fingerprint density at radius 1 is 1.24 bits per heavy atom. The van der Waals surface area contributed by atoms with Crippen molar-refractivity contribution in [1.82, 2.24) is 15.1 Å². The Labute approximate surface area is 129 Å². The molecule has 1 spiro atoms. The smallest absolute Gasteiger partial charge is 0.244 e. The minimum absolute atomic E-state index is 0.201. The van der Waals surface area contributed by atoms with Gasteiger partial charge in [0.05, 0.1) is 11.7 Å². The van der Waals surface area contributed by atoms with Crippen LogP contribution in [0.1, 0.15) is 64.7 Å². The van der Waals surface area contributed by atoms with E-state index in [0.717, 1.165) is 32.2 Å². The molecule has 0 aromatic rings. The van der Waals surface area contributed by atoms with Crippen LogP contribution < -0.4 is 5.32 Å². The van der Waals surface area contributed by atoms with E-state index in [9.17, 15) is 4.79 Å². The van der Waals surface area contributed by atoms with Crippen LogP contribution in [0.4, 0.5) is 0 Å². The third-order valence-electron chi connectivity index (χ3n) is 5.84. The molecule has 1 saturated carbocycles. The maximum absolute atomic E-state index is 13.0. The zero-order valence-corrected chi connectivity index (χ0v) is 13.7. The van der Waals surface area contributed by atoms with E-state index in [2.05, 4.69) is 29.1 Å². The summed E-state index contributed by atoms with van der Waals surface area (Å²) in [6, 6.07) is 0.556. The lowest BCUT2D eigenvalue weighted by Gasteiger charge is -2.36. The molecule has 21 heavy (non-hydrogen) atoms. The number of likely N-dealkylation sites (tertiary alicyclic amines) is 1. The highest BCUT2D eigenvalue weighted by atomic mass is 16.2. The number of piperidine rings is 1. The summed E-state index contributed by atoms with van der Waals surface area (Å²) in [5, 5.41) is 3.73. The van der Waals surface area contributed by atoms with Gasteiger partial charge in [-0.3, -0.25) is 10.1 Å². The average molecular weight is 293 g/mol. The van der Waals surface area contributed by atoms with Crippen molar-refractivity contribution in [3.63, 3.8) is 0 Å². The van der Waals surface area contributed by atoms with E-state index in [4.69, 9.17) is 0 Å². The van der Waals surface area contributed by atoms with Crippen molar-refractivity contribution in [1.29, 1.82) is 0 Å². The lowest BCUT2D eigenvalue weighted by atomic mass is 9.97. The summed E-state index contributed by atoms with van der Waals surface area (Å²) in [6.07, 6.45) is 10.9. The van der Waals surface area contributed by atoms with Gasteiger partial charge in [-0.2, -0.15) is 0 Å². The molecule has 120 valence electrons. The normalized spacial score (nSPS) is 33.2. The van der Waals surface area contributed by atoms with Crippen LogP contribution in [0.25, 0.3) is 0 Å². The van der Waals surface area contributed by atoms with Gasteiger partial charge >= 0.3 is 0 Å². The summed E-state index contributed by atoms with van der Waals surface area (Å²) in [5.41, 5.74) is -0.201. The summed E-state index contributed by atoms with van der Waals surface area (Å²) in [6.45, 7) is 4.33. The quantitative estimate of drug-likeness (QED) is 0.864. The number of nitrogens with one attached hydrogen (secondary N) is 1. The summed E-state index contributed by atoms with van der Waals surface area (Å²) in [7, 11) is 2.22. The molecule has 4 nitrogen and oxygen atoms in total. The number of amides is 1. The van der Waals surface area contributed by atoms with E-state index in [1.54, 1.807) is 0 Å². The lowest BCUT2D eigenvalue weighted by Crippen LogP contribution is -2.49. The van der Waals surface area contributed by atoms with Crippen molar-refractivity contribution in [3.8, 4) is 0 Å². The Balaban J connectivity index is 1.72. The molecule has 3 rings (SSSR count). The number of carbonyl (C=O) groups is 1.